The molecule has 0 aliphatic heterocycles. The lowest BCUT2D eigenvalue weighted by atomic mass is 10.2. The van der Waals surface area contributed by atoms with Crippen molar-refractivity contribution in [2.75, 3.05) is 4.90 Å². The molecule has 1 amide bonds. The third-order valence-corrected chi connectivity index (χ3v) is 3.76. The number of esters is 1. The number of hydrogen-bond acceptors (Lipinski definition) is 3. The zero-order valence-corrected chi connectivity index (χ0v) is 15.1. The lowest BCUT2D eigenvalue weighted by Crippen LogP contribution is -2.50. The second-order valence-corrected chi connectivity index (χ2v) is 6.00. The number of hydrogen-bond donors (Lipinski definition) is 0. The Morgan fingerprint density at radius 2 is 1.06 bits per heavy atom. The molecule has 0 aromatic heterocycles. The van der Waals surface area contributed by atoms with Gasteiger partial charge >= 0.3 is 36.1 Å². The van der Waals surface area contributed by atoms with Crippen LogP contribution in [0.1, 0.15) is 0 Å². The Hall–Kier alpha value is -3.32. The Morgan fingerprint density at radius 1 is 0.625 bits per heavy atom. The SMILES string of the molecule is O=C(Oc1ccc(N(C(=O)C(F)(F)C(F)(F)F)c2ccccc2)cc1)C(F)(F)C(F)(F)F. The molecular formula is C18H9F10NO3. The molecule has 0 N–H and O–H groups in total. The van der Waals surface area contributed by atoms with Gasteiger partial charge in [0.25, 0.3) is 0 Å². The van der Waals surface area contributed by atoms with Crippen molar-refractivity contribution in [1.29, 1.82) is 0 Å². The van der Waals surface area contributed by atoms with E-state index in [1.165, 1.54) is 18.2 Å². The molecule has 0 spiro atoms. The number of carbonyl (C=O) groups excluding carboxylic acids is 2. The van der Waals surface area contributed by atoms with Gasteiger partial charge in [-0.25, -0.2) is 4.79 Å². The van der Waals surface area contributed by atoms with Crippen LogP contribution in [0.25, 0.3) is 0 Å². The van der Waals surface area contributed by atoms with Crippen molar-refractivity contribution in [2.45, 2.75) is 24.2 Å². The summed E-state index contributed by atoms with van der Waals surface area (Å²) in [6, 6.07) is 8.02. The summed E-state index contributed by atoms with van der Waals surface area (Å²) in [6.45, 7) is 0. The van der Waals surface area contributed by atoms with Gasteiger partial charge in [0.1, 0.15) is 5.75 Å². The van der Waals surface area contributed by atoms with E-state index in [0.29, 0.717) is 24.3 Å². The van der Waals surface area contributed by atoms with Crippen LogP contribution in [0.2, 0.25) is 0 Å². The van der Waals surface area contributed by atoms with Crippen molar-refractivity contribution in [3.8, 4) is 5.75 Å². The predicted octanol–water partition coefficient (Wildman–Crippen LogP) is 5.65. The highest BCUT2D eigenvalue weighted by Gasteiger charge is 2.66. The first-order valence-corrected chi connectivity index (χ1v) is 8.11. The fourth-order valence-corrected chi connectivity index (χ4v) is 2.17. The van der Waals surface area contributed by atoms with Crippen LogP contribution in [-0.4, -0.2) is 36.1 Å². The minimum atomic E-state index is -6.26. The molecule has 32 heavy (non-hydrogen) atoms. The zero-order valence-electron chi connectivity index (χ0n) is 15.1. The number of halogens is 10. The molecule has 4 nitrogen and oxygen atoms in total. The highest BCUT2D eigenvalue weighted by Crippen LogP contribution is 2.41. The fourth-order valence-electron chi connectivity index (χ4n) is 2.17. The molecule has 0 radical (unpaired) electrons. The quantitative estimate of drug-likeness (QED) is 0.318. The van der Waals surface area contributed by atoms with E-state index in [1.807, 2.05) is 0 Å². The Labute approximate surface area is 172 Å². The normalized spacial score (nSPS) is 12.9. The van der Waals surface area contributed by atoms with Crippen LogP contribution in [0.5, 0.6) is 5.75 Å². The Bertz CT molecular complexity index is 969. The molecule has 14 heteroatoms. The summed E-state index contributed by atoms with van der Waals surface area (Å²) in [6.07, 6.45) is -12.5. The van der Waals surface area contributed by atoms with E-state index in [2.05, 4.69) is 4.74 Å². The van der Waals surface area contributed by atoms with E-state index in [4.69, 9.17) is 0 Å². The molecule has 174 valence electrons. The van der Waals surface area contributed by atoms with Crippen molar-refractivity contribution in [1.82, 2.24) is 0 Å². The third kappa shape index (κ3) is 4.78. The topological polar surface area (TPSA) is 46.6 Å². The van der Waals surface area contributed by atoms with Crippen molar-refractivity contribution >= 4 is 23.3 Å². The van der Waals surface area contributed by atoms with Crippen LogP contribution >= 0.6 is 0 Å². The van der Waals surface area contributed by atoms with E-state index >= 15 is 0 Å². The maximum absolute atomic E-state index is 13.7. The molecule has 0 saturated heterocycles. The van der Waals surface area contributed by atoms with Gasteiger partial charge in [-0.15, -0.1) is 0 Å². The lowest BCUT2D eigenvalue weighted by Gasteiger charge is -2.28. The molecule has 0 saturated carbocycles. The first-order valence-electron chi connectivity index (χ1n) is 8.11. The van der Waals surface area contributed by atoms with Gasteiger partial charge in [0, 0.05) is 11.4 Å². The van der Waals surface area contributed by atoms with E-state index in [-0.39, 0.29) is 4.90 Å². The molecule has 0 bridgehead atoms. The summed E-state index contributed by atoms with van der Waals surface area (Å²) in [5, 5.41) is 0. The van der Waals surface area contributed by atoms with E-state index < -0.39 is 53.2 Å². The van der Waals surface area contributed by atoms with Gasteiger partial charge in [-0.2, -0.15) is 43.9 Å². The largest absolute Gasteiger partial charge is 0.465 e. The average Bonchev–Trinajstić information content (AvgIpc) is 2.68. The molecule has 0 atom stereocenters. The standard InChI is InChI=1S/C18H9F10NO3/c19-15(20,17(23,24)25)13(30)29(10-4-2-1-3-5-10)11-6-8-12(9-7-11)32-14(31)16(21,22)18(26,27)28/h1-9H. The van der Waals surface area contributed by atoms with Gasteiger partial charge in [-0.05, 0) is 36.4 Å². The molecule has 0 aliphatic carbocycles. The van der Waals surface area contributed by atoms with Crippen LogP contribution < -0.4 is 9.64 Å². The first-order chi connectivity index (χ1) is 14.5. The fraction of sp³-hybridized carbons (Fsp3) is 0.222. The van der Waals surface area contributed by atoms with E-state index in [0.717, 1.165) is 12.1 Å². The van der Waals surface area contributed by atoms with Crippen molar-refractivity contribution in [3.05, 3.63) is 54.6 Å². The number of carbonyl (C=O) groups is 2. The molecule has 2 aromatic carbocycles. The number of anilines is 2. The summed E-state index contributed by atoms with van der Waals surface area (Å²) in [4.78, 5) is 23.1. The lowest BCUT2D eigenvalue weighted by molar-refractivity contribution is -0.276. The molecule has 0 aliphatic rings. The highest BCUT2D eigenvalue weighted by molar-refractivity contribution is 6.05. The van der Waals surface area contributed by atoms with Gasteiger partial charge < -0.3 is 4.74 Å². The summed E-state index contributed by atoms with van der Waals surface area (Å²) >= 11 is 0. The van der Waals surface area contributed by atoms with Gasteiger partial charge in [0.15, 0.2) is 0 Å². The van der Waals surface area contributed by atoms with E-state index in [1.54, 1.807) is 0 Å². The predicted molar refractivity (Wildman–Crippen MR) is 87.7 cm³/mol. The number of amides is 1. The molecule has 0 heterocycles. The second-order valence-electron chi connectivity index (χ2n) is 6.00. The molecule has 0 unspecified atom stereocenters. The Morgan fingerprint density at radius 3 is 1.50 bits per heavy atom. The maximum Gasteiger partial charge on any atom is 0.465 e. The number of ether oxygens (including phenoxy) is 1. The third-order valence-electron chi connectivity index (χ3n) is 3.76. The van der Waals surface area contributed by atoms with Crippen LogP contribution in [0.15, 0.2) is 54.6 Å². The monoisotopic (exact) mass is 477 g/mol. The van der Waals surface area contributed by atoms with Crippen molar-refractivity contribution in [2.24, 2.45) is 0 Å². The molecule has 2 aromatic rings. The Kier molecular flexibility index (Phi) is 6.48. The molecule has 2 rings (SSSR count). The number of benzene rings is 2. The zero-order chi connectivity index (χ0) is 24.5. The number of rotatable bonds is 5. The second kappa shape index (κ2) is 8.31. The van der Waals surface area contributed by atoms with E-state index in [9.17, 15) is 53.5 Å². The number of para-hydroxylation sites is 1. The van der Waals surface area contributed by atoms with Crippen molar-refractivity contribution in [3.63, 3.8) is 0 Å². The van der Waals surface area contributed by atoms with Crippen molar-refractivity contribution < 1.29 is 58.2 Å². The van der Waals surface area contributed by atoms with Crippen LogP contribution in [0.4, 0.5) is 55.3 Å². The summed E-state index contributed by atoms with van der Waals surface area (Å²) in [7, 11) is 0. The summed E-state index contributed by atoms with van der Waals surface area (Å²) in [5.41, 5.74) is -1.11. The van der Waals surface area contributed by atoms with Crippen LogP contribution in [-0.2, 0) is 9.59 Å². The number of alkyl halides is 10. The molecular weight excluding hydrogens is 468 g/mol. The van der Waals surface area contributed by atoms with Gasteiger partial charge in [0.05, 0.1) is 0 Å². The average molecular weight is 477 g/mol. The first kappa shape index (κ1) is 24.9. The molecule has 0 fully saturated rings. The van der Waals surface area contributed by atoms with Crippen LogP contribution in [0, 0.1) is 0 Å². The summed E-state index contributed by atoms with van der Waals surface area (Å²) in [5.74, 6) is -18.3. The Balaban J connectivity index is 2.41. The smallest absolute Gasteiger partial charge is 0.422 e. The van der Waals surface area contributed by atoms with Gasteiger partial charge in [0.2, 0.25) is 0 Å². The number of nitrogens with zero attached hydrogens (tertiary/aromatic N) is 1. The van der Waals surface area contributed by atoms with Gasteiger partial charge in [-0.3, -0.25) is 9.69 Å². The summed E-state index contributed by atoms with van der Waals surface area (Å²) < 4.78 is 132. The minimum Gasteiger partial charge on any atom is -0.422 e. The minimum absolute atomic E-state index is 0.0522. The van der Waals surface area contributed by atoms with Gasteiger partial charge in [-0.1, -0.05) is 18.2 Å². The van der Waals surface area contributed by atoms with Crippen LogP contribution in [0.3, 0.4) is 0 Å². The maximum atomic E-state index is 13.7. The highest BCUT2D eigenvalue weighted by atomic mass is 19.4.